The third-order valence-electron chi connectivity index (χ3n) is 3.66. The number of ether oxygens (including phenoxy) is 1. The fourth-order valence-electron chi connectivity index (χ4n) is 2.52. The van der Waals surface area contributed by atoms with Gasteiger partial charge in [-0.05, 0) is 37.3 Å². The molecule has 1 aromatic heterocycles. The van der Waals surface area contributed by atoms with Crippen LogP contribution in [0.15, 0.2) is 36.4 Å². The summed E-state index contributed by atoms with van der Waals surface area (Å²) in [7, 11) is 0. The van der Waals surface area contributed by atoms with E-state index < -0.39 is 16.7 Å². The van der Waals surface area contributed by atoms with Crippen LogP contribution < -0.4 is 5.32 Å². The smallest absolute Gasteiger partial charge is 0.354 e. The van der Waals surface area contributed by atoms with Gasteiger partial charge in [-0.1, -0.05) is 11.6 Å². The molecule has 0 saturated carbocycles. The van der Waals surface area contributed by atoms with Crippen LogP contribution in [-0.4, -0.2) is 22.5 Å². The number of esters is 1. The Balaban J connectivity index is 2.13. The Morgan fingerprint density at radius 2 is 2.08 bits per heavy atom. The van der Waals surface area contributed by atoms with Crippen molar-refractivity contribution in [1.29, 1.82) is 0 Å². The Kier molecular flexibility index (Phi) is 4.77. The summed E-state index contributed by atoms with van der Waals surface area (Å²) in [5.41, 5.74) is 0.453. The molecule has 26 heavy (non-hydrogen) atoms. The molecule has 0 aliphatic carbocycles. The van der Waals surface area contributed by atoms with Crippen molar-refractivity contribution in [2.75, 3.05) is 11.9 Å². The van der Waals surface area contributed by atoms with Gasteiger partial charge in [-0.2, -0.15) is 0 Å². The van der Waals surface area contributed by atoms with Crippen LogP contribution in [0.5, 0.6) is 0 Å². The number of nitro groups is 1. The van der Waals surface area contributed by atoms with E-state index in [0.29, 0.717) is 16.1 Å². The van der Waals surface area contributed by atoms with E-state index in [1.165, 1.54) is 36.4 Å². The van der Waals surface area contributed by atoms with E-state index in [0.717, 1.165) is 0 Å². The SMILES string of the molecule is CCOC(=O)c1cc2c(Nc3cc(Cl)ccc3F)ccc([N+](=O)[O-])c2[nH]1. The van der Waals surface area contributed by atoms with Crippen molar-refractivity contribution in [3.63, 3.8) is 0 Å². The summed E-state index contributed by atoms with van der Waals surface area (Å²) in [6, 6.07) is 8.12. The van der Waals surface area contributed by atoms with Gasteiger partial charge in [-0.3, -0.25) is 10.1 Å². The first-order chi connectivity index (χ1) is 12.4. The maximum Gasteiger partial charge on any atom is 0.354 e. The van der Waals surface area contributed by atoms with Crippen LogP contribution >= 0.6 is 11.6 Å². The molecule has 9 heteroatoms. The van der Waals surface area contributed by atoms with Gasteiger partial charge >= 0.3 is 5.97 Å². The Hall–Kier alpha value is -3.13. The summed E-state index contributed by atoms with van der Waals surface area (Å²) in [5, 5.41) is 14.8. The lowest BCUT2D eigenvalue weighted by Gasteiger charge is -2.09. The third-order valence-corrected chi connectivity index (χ3v) is 3.90. The molecule has 0 atom stereocenters. The van der Waals surface area contributed by atoms with Crippen LogP contribution in [0.4, 0.5) is 21.5 Å². The zero-order valence-electron chi connectivity index (χ0n) is 13.5. The van der Waals surface area contributed by atoms with E-state index >= 15 is 0 Å². The Labute approximate surface area is 151 Å². The quantitative estimate of drug-likeness (QED) is 0.378. The summed E-state index contributed by atoms with van der Waals surface area (Å²) in [4.78, 5) is 25.3. The number of halogens is 2. The van der Waals surface area contributed by atoms with Gasteiger partial charge in [0.2, 0.25) is 0 Å². The molecule has 0 amide bonds. The van der Waals surface area contributed by atoms with E-state index in [4.69, 9.17) is 16.3 Å². The number of anilines is 2. The molecule has 2 N–H and O–H groups in total. The normalized spacial score (nSPS) is 10.7. The minimum atomic E-state index is -0.641. The molecule has 7 nitrogen and oxygen atoms in total. The van der Waals surface area contributed by atoms with Gasteiger partial charge in [0.15, 0.2) is 0 Å². The highest BCUT2D eigenvalue weighted by Gasteiger charge is 2.21. The number of nitrogens with zero attached hydrogens (tertiary/aromatic N) is 1. The van der Waals surface area contributed by atoms with Crippen LogP contribution in [0.3, 0.4) is 0 Å². The monoisotopic (exact) mass is 377 g/mol. The summed E-state index contributed by atoms with van der Waals surface area (Å²) >= 11 is 5.89. The van der Waals surface area contributed by atoms with Gasteiger partial charge < -0.3 is 15.0 Å². The minimum Gasteiger partial charge on any atom is -0.461 e. The minimum absolute atomic E-state index is 0.0609. The average Bonchev–Trinajstić information content (AvgIpc) is 3.04. The maximum atomic E-state index is 14.0. The molecule has 0 fully saturated rings. The number of fused-ring (bicyclic) bond motifs is 1. The van der Waals surface area contributed by atoms with E-state index in [2.05, 4.69) is 10.3 Å². The third kappa shape index (κ3) is 3.31. The van der Waals surface area contributed by atoms with Crippen molar-refractivity contribution in [2.45, 2.75) is 6.92 Å². The number of carbonyl (C=O) groups excluding carboxylic acids is 1. The van der Waals surface area contributed by atoms with Gasteiger partial charge in [0.05, 0.1) is 17.2 Å². The van der Waals surface area contributed by atoms with Crippen molar-refractivity contribution in [1.82, 2.24) is 4.98 Å². The van der Waals surface area contributed by atoms with Crippen LogP contribution in [0.2, 0.25) is 5.02 Å². The first kappa shape index (κ1) is 17.7. The van der Waals surface area contributed by atoms with Crippen molar-refractivity contribution in [2.24, 2.45) is 0 Å². The Morgan fingerprint density at radius 1 is 1.31 bits per heavy atom. The van der Waals surface area contributed by atoms with Gasteiger partial charge in [0.1, 0.15) is 17.0 Å². The molecule has 0 radical (unpaired) electrons. The second-order valence-electron chi connectivity index (χ2n) is 5.33. The highest BCUT2D eigenvalue weighted by molar-refractivity contribution is 6.30. The van der Waals surface area contributed by atoms with Crippen LogP contribution in [0.1, 0.15) is 17.4 Å². The molecule has 0 unspecified atom stereocenters. The fraction of sp³-hybridized carbons (Fsp3) is 0.118. The predicted molar refractivity (Wildman–Crippen MR) is 95.6 cm³/mol. The molecule has 1 heterocycles. The zero-order valence-corrected chi connectivity index (χ0v) is 14.3. The number of aromatic nitrogens is 1. The second kappa shape index (κ2) is 7.01. The zero-order chi connectivity index (χ0) is 18.8. The van der Waals surface area contributed by atoms with Gasteiger partial charge in [-0.15, -0.1) is 0 Å². The molecule has 0 aliphatic heterocycles. The number of H-pyrrole nitrogens is 1. The number of nitro benzene ring substituents is 1. The molecule has 0 saturated heterocycles. The first-order valence-corrected chi connectivity index (χ1v) is 7.97. The number of carbonyl (C=O) groups is 1. The molecule has 134 valence electrons. The van der Waals surface area contributed by atoms with Crippen LogP contribution in [0.25, 0.3) is 10.9 Å². The summed E-state index contributed by atoms with van der Waals surface area (Å²) in [5.74, 6) is -1.18. The van der Waals surface area contributed by atoms with Crippen molar-refractivity contribution >= 4 is 45.5 Å². The summed E-state index contributed by atoms with van der Waals surface area (Å²) in [6.45, 7) is 1.81. The van der Waals surface area contributed by atoms with Crippen molar-refractivity contribution in [3.05, 3.63) is 63.0 Å². The molecule has 3 rings (SSSR count). The van der Waals surface area contributed by atoms with Crippen LogP contribution in [0, 0.1) is 15.9 Å². The van der Waals surface area contributed by atoms with Crippen LogP contribution in [-0.2, 0) is 4.74 Å². The summed E-state index contributed by atoms with van der Waals surface area (Å²) in [6.07, 6.45) is 0. The number of benzene rings is 2. The maximum absolute atomic E-state index is 14.0. The number of nitrogens with one attached hydrogen (secondary N) is 2. The molecular weight excluding hydrogens is 365 g/mol. The van der Waals surface area contributed by atoms with Crippen molar-refractivity contribution < 1.29 is 18.8 Å². The Morgan fingerprint density at radius 3 is 2.77 bits per heavy atom. The molecule has 0 aliphatic rings. The highest BCUT2D eigenvalue weighted by atomic mass is 35.5. The van der Waals surface area contributed by atoms with E-state index in [9.17, 15) is 19.3 Å². The fourth-order valence-corrected chi connectivity index (χ4v) is 2.69. The molecule has 3 aromatic rings. The van der Waals surface area contributed by atoms with Gasteiger partial charge in [0, 0.05) is 22.2 Å². The molecule has 0 bridgehead atoms. The van der Waals surface area contributed by atoms with E-state index in [1.54, 1.807) is 6.92 Å². The van der Waals surface area contributed by atoms with E-state index in [1.807, 2.05) is 0 Å². The van der Waals surface area contributed by atoms with Crippen molar-refractivity contribution in [3.8, 4) is 0 Å². The number of aromatic amines is 1. The largest absolute Gasteiger partial charge is 0.461 e. The highest BCUT2D eigenvalue weighted by Crippen LogP contribution is 2.34. The van der Waals surface area contributed by atoms with Gasteiger partial charge in [0.25, 0.3) is 5.69 Å². The number of rotatable bonds is 5. The summed E-state index contributed by atoms with van der Waals surface area (Å²) < 4.78 is 18.9. The standard InChI is InChI=1S/C17H13ClFN3O4/c1-2-26-17(23)14-8-10-12(5-6-15(22(24)25)16(10)21-14)20-13-7-9(18)3-4-11(13)19/h3-8,20-21H,2H2,1H3. The second-order valence-corrected chi connectivity index (χ2v) is 5.77. The predicted octanol–water partition coefficient (Wildman–Crippen LogP) is 4.79. The van der Waals surface area contributed by atoms with Gasteiger partial charge in [-0.25, -0.2) is 9.18 Å². The molecule has 2 aromatic carbocycles. The lowest BCUT2D eigenvalue weighted by Crippen LogP contribution is -2.04. The Bertz CT molecular complexity index is 1020. The number of hydrogen-bond acceptors (Lipinski definition) is 5. The molecule has 0 spiro atoms. The lowest BCUT2D eigenvalue weighted by atomic mass is 10.1. The number of non-ortho nitro benzene ring substituents is 1. The first-order valence-electron chi connectivity index (χ1n) is 7.60. The lowest BCUT2D eigenvalue weighted by molar-refractivity contribution is -0.383. The van der Waals surface area contributed by atoms with E-state index in [-0.39, 0.29) is 29.2 Å². The average molecular weight is 378 g/mol. The topological polar surface area (TPSA) is 97.3 Å². The number of hydrogen-bond donors (Lipinski definition) is 2. The molecular formula is C17H13ClFN3O4.